The summed E-state index contributed by atoms with van der Waals surface area (Å²) in [6.45, 7) is -2.82. The number of hydrogen-bond donors (Lipinski definition) is 0. The molecule has 22 heavy (non-hydrogen) atoms. The minimum atomic E-state index is -2.88. The van der Waals surface area contributed by atoms with Gasteiger partial charge in [0.2, 0.25) is 5.75 Å². The van der Waals surface area contributed by atoms with E-state index >= 15 is 0 Å². The summed E-state index contributed by atoms with van der Waals surface area (Å²) in [5.74, 6) is 1.50. The maximum atomic E-state index is 12.4. The van der Waals surface area contributed by atoms with Crippen molar-refractivity contribution in [3.63, 3.8) is 0 Å². The zero-order chi connectivity index (χ0) is 15.9. The SMILES string of the molecule is COc1cccc(OCc2ccccc2OC(F)F)c1OC. The van der Waals surface area contributed by atoms with Gasteiger partial charge in [0, 0.05) is 5.56 Å². The Morgan fingerprint density at radius 3 is 2.23 bits per heavy atom. The Labute approximate surface area is 127 Å². The summed E-state index contributed by atoms with van der Waals surface area (Å²) >= 11 is 0. The minimum absolute atomic E-state index is 0.0619. The molecule has 2 aromatic rings. The van der Waals surface area contributed by atoms with Crippen LogP contribution in [0, 0.1) is 0 Å². The second-order valence-corrected chi connectivity index (χ2v) is 4.27. The van der Waals surface area contributed by atoms with E-state index in [2.05, 4.69) is 4.74 Å². The fourth-order valence-corrected chi connectivity index (χ4v) is 1.96. The summed E-state index contributed by atoms with van der Waals surface area (Å²) < 4.78 is 45.3. The van der Waals surface area contributed by atoms with Gasteiger partial charge in [-0.25, -0.2) is 0 Å². The number of benzene rings is 2. The van der Waals surface area contributed by atoms with Crippen molar-refractivity contribution in [2.75, 3.05) is 14.2 Å². The third-order valence-electron chi connectivity index (χ3n) is 2.94. The van der Waals surface area contributed by atoms with Gasteiger partial charge < -0.3 is 18.9 Å². The van der Waals surface area contributed by atoms with Crippen LogP contribution in [0.4, 0.5) is 8.78 Å². The van der Waals surface area contributed by atoms with Crippen LogP contribution in [-0.2, 0) is 6.61 Å². The number of halogens is 2. The lowest BCUT2D eigenvalue weighted by Crippen LogP contribution is -2.06. The van der Waals surface area contributed by atoms with Crippen LogP contribution in [0.3, 0.4) is 0 Å². The molecule has 2 aromatic carbocycles. The molecule has 6 heteroatoms. The monoisotopic (exact) mass is 310 g/mol. The average molecular weight is 310 g/mol. The number of para-hydroxylation sites is 2. The molecule has 0 heterocycles. The van der Waals surface area contributed by atoms with Crippen LogP contribution in [0.1, 0.15) is 5.56 Å². The van der Waals surface area contributed by atoms with Gasteiger partial charge in [-0.2, -0.15) is 8.78 Å². The topological polar surface area (TPSA) is 36.9 Å². The summed E-state index contributed by atoms with van der Waals surface area (Å²) in [6, 6.07) is 11.7. The van der Waals surface area contributed by atoms with Gasteiger partial charge in [-0.05, 0) is 18.2 Å². The molecule has 0 fully saturated rings. The Hall–Kier alpha value is -2.50. The summed E-state index contributed by atoms with van der Waals surface area (Å²) in [5, 5.41) is 0. The second kappa shape index (κ2) is 7.49. The van der Waals surface area contributed by atoms with E-state index in [-0.39, 0.29) is 12.4 Å². The van der Waals surface area contributed by atoms with Crippen LogP contribution >= 0.6 is 0 Å². The molecular weight excluding hydrogens is 294 g/mol. The molecule has 4 nitrogen and oxygen atoms in total. The molecule has 0 aliphatic rings. The third-order valence-corrected chi connectivity index (χ3v) is 2.94. The molecule has 0 N–H and O–H groups in total. The van der Waals surface area contributed by atoms with Crippen LogP contribution in [0.15, 0.2) is 42.5 Å². The highest BCUT2D eigenvalue weighted by molar-refractivity contribution is 5.51. The summed E-state index contributed by atoms with van der Waals surface area (Å²) in [7, 11) is 3.02. The van der Waals surface area contributed by atoms with Crippen LogP contribution < -0.4 is 18.9 Å². The first-order valence-corrected chi connectivity index (χ1v) is 6.52. The third kappa shape index (κ3) is 3.78. The van der Waals surface area contributed by atoms with Gasteiger partial charge in [0.25, 0.3) is 0 Å². The van der Waals surface area contributed by atoms with E-state index in [9.17, 15) is 8.78 Å². The molecule has 118 valence electrons. The van der Waals surface area contributed by atoms with E-state index in [4.69, 9.17) is 14.2 Å². The molecular formula is C16H16F2O4. The van der Waals surface area contributed by atoms with Crippen molar-refractivity contribution in [2.45, 2.75) is 13.2 Å². The van der Waals surface area contributed by atoms with E-state index in [1.165, 1.54) is 20.3 Å². The van der Waals surface area contributed by atoms with Gasteiger partial charge in [0.15, 0.2) is 11.5 Å². The van der Waals surface area contributed by atoms with E-state index in [0.717, 1.165) is 0 Å². The van der Waals surface area contributed by atoms with Crippen molar-refractivity contribution in [3.8, 4) is 23.0 Å². The fourth-order valence-electron chi connectivity index (χ4n) is 1.96. The van der Waals surface area contributed by atoms with Crippen LogP contribution in [0.2, 0.25) is 0 Å². The van der Waals surface area contributed by atoms with Crippen molar-refractivity contribution in [1.29, 1.82) is 0 Å². The van der Waals surface area contributed by atoms with Gasteiger partial charge in [0.1, 0.15) is 12.4 Å². The summed E-state index contributed by atoms with van der Waals surface area (Å²) in [4.78, 5) is 0. The molecule has 0 aromatic heterocycles. The summed E-state index contributed by atoms with van der Waals surface area (Å²) in [5.41, 5.74) is 0.507. The standard InChI is InChI=1S/C16H16F2O4/c1-19-13-8-5-9-14(15(13)20-2)21-10-11-6-3-4-7-12(11)22-16(17)18/h3-9,16H,10H2,1-2H3. The van der Waals surface area contributed by atoms with E-state index in [1.807, 2.05) is 0 Å². The normalized spacial score (nSPS) is 10.4. The molecule has 0 aliphatic heterocycles. The Morgan fingerprint density at radius 1 is 0.864 bits per heavy atom. The molecule has 0 aliphatic carbocycles. The zero-order valence-corrected chi connectivity index (χ0v) is 12.2. The highest BCUT2D eigenvalue weighted by atomic mass is 19.3. The van der Waals surface area contributed by atoms with E-state index in [1.54, 1.807) is 36.4 Å². The molecule has 0 unspecified atom stereocenters. The van der Waals surface area contributed by atoms with E-state index in [0.29, 0.717) is 22.8 Å². The lowest BCUT2D eigenvalue weighted by atomic mass is 10.2. The van der Waals surface area contributed by atoms with Gasteiger partial charge >= 0.3 is 6.61 Å². The molecule has 0 atom stereocenters. The molecule has 2 rings (SSSR count). The molecule has 0 saturated heterocycles. The van der Waals surface area contributed by atoms with Crippen molar-refractivity contribution < 1.29 is 27.7 Å². The number of ether oxygens (including phenoxy) is 4. The van der Waals surface area contributed by atoms with Crippen molar-refractivity contribution in [3.05, 3.63) is 48.0 Å². The number of alkyl halides is 2. The first-order chi connectivity index (χ1) is 10.7. The maximum absolute atomic E-state index is 12.4. The molecule has 0 saturated carbocycles. The van der Waals surface area contributed by atoms with Crippen LogP contribution in [0.5, 0.6) is 23.0 Å². The van der Waals surface area contributed by atoms with Crippen molar-refractivity contribution >= 4 is 0 Å². The smallest absolute Gasteiger partial charge is 0.387 e. The highest BCUT2D eigenvalue weighted by Crippen LogP contribution is 2.37. The lowest BCUT2D eigenvalue weighted by molar-refractivity contribution is -0.0508. The average Bonchev–Trinajstić information content (AvgIpc) is 2.53. The second-order valence-electron chi connectivity index (χ2n) is 4.27. The Morgan fingerprint density at radius 2 is 1.55 bits per heavy atom. The quantitative estimate of drug-likeness (QED) is 0.777. The first kappa shape index (κ1) is 15.9. The highest BCUT2D eigenvalue weighted by Gasteiger charge is 2.13. The summed E-state index contributed by atoms with van der Waals surface area (Å²) in [6.07, 6.45) is 0. The number of methoxy groups -OCH3 is 2. The lowest BCUT2D eigenvalue weighted by Gasteiger charge is -2.15. The van der Waals surface area contributed by atoms with Gasteiger partial charge in [0.05, 0.1) is 14.2 Å². The van der Waals surface area contributed by atoms with Gasteiger partial charge in [-0.1, -0.05) is 24.3 Å². The number of hydrogen-bond acceptors (Lipinski definition) is 4. The molecule has 0 radical (unpaired) electrons. The fraction of sp³-hybridized carbons (Fsp3) is 0.250. The Bertz CT molecular complexity index is 617. The first-order valence-electron chi connectivity index (χ1n) is 6.52. The van der Waals surface area contributed by atoms with Gasteiger partial charge in [-0.15, -0.1) is 0 Å². The largest absolute Gasteiger partial charge is 0.493 e. The molecule has 0 spiro atoms. The maximum Gasteiger partial charge on any atom is 0.387 e. The molecule has 0 bridgehead atoms. The predicted molar refractivity (Wildman–Crippen MR) is 77.0 cm³/mol. The zero-order valence-electron chi connectivity index (χ0n) is 12.2. The van der Waals surface area contributed by atoms with Crippen molar-refractivity contribution in [2.24, 2.45) is 0 Å². The van der Waals surface area contributed by atoms with E-state index < -0.39 is 6.61 Å². The van der Waals surface area contributed by atoms with Gasteiger partial charge in [-0.3, -0.25) is 0 Å². The molecule has 0 amide bonds. The minimum Gasteiger partial charge on any atom is -0.493 e. The predicted octanol–water partition coefficient (Wildman–Crippen LogP) is 3.88. The van der Waals surface area contributed by atoms with Crippen molar-refractivity contribution in [1.82, 2.24) is 0 Å². The van der Waals surface area contributed by atoms with Crippen LogP contribution in [0.25, 0.3) is 0 Å². The number of rotatable bonds is 7. The van der Waals surface area contributed by atoms with Crippen LogP contribution in [-0.4, -0.2) is 20.8 Å². The Balaban J connectivity index is 2.17. The Kier molecular flexibility index (Phi) is 5.41.